The predicted molar refractivity (Wildman–Crippen MR) is 86.2 cm³/mol. The van der Waals surface area contributed by atoms with Crippen LogP contribution < -0.4 is 10.6 Å². The van der Waals surface area contributed by atoms with Gasteiger partial charge in [0.25, 0.3) is 0 Å². The fourth-order valence-corrected chi connectivity index (χ4v) is 2.56. The molecule has 116 valence electrons. The van der Waals surface area contributed by atoms with Crippen molar-refractivity contribution in [3.8, 4) is 0 Å². The summed E-state index contributed by atoms with van der Waals surface area (Å²) < 4.78 is 0. The van der Waals surface area contributed by atoms with Crippen molar-refractivity contribution < 1.29 is 4.79 Å². The van der Waals surface area contributed by atoms with Crippen LogP contribution in [0.3, 0.4) is 0 Å². The minimum absolute atomic E-state index is 0.0947. The number of carbonyl (C=O) groups is 1. The average Bonchev–Trinajstić information content (AvgIpc) is 2.50. The average molecular weight is 289 g/mol. The van der Waals surface area contributed by atoms with Crippen LogP contribution in [0.15, 0.2) is 24.3 Å². The first kappa shape index (κ1) is 16.0. The molecule has 1 aliphatic heterocycles. The first-order valence-electron chi connectivity index (χ1n) is 7.86. The number of rotatable bonds is 6. The molecule has 1 amide bonds. The van der Waals surface area contributed by atoms with E-state index in [0.717, 1.165) is 32.5 Å². The fourth-order valence-electron chi connectivity index (χ4n) is 2.56. The van der Waals surface area contributed by atoms with E-state index in [4.69, 9.17) is 0 Å². The molecule has 0 fully saturated rings. The van der Waals surface area contributed by atoms with Gasteiger partial charge in [0, 0.05) is 19.1 Å². The molecule has 0 spiro atoms. The van der Waals surface area contributed by atoms with E-state index < -0.39 is 0 Å². The summed E-state index contributed by atoms with van der Waals surface area (Å²) in [4.78, 5) is 14.5. The van der Waals surface area contributed by atoms with Crippen LogP contribution in [-0.4, -0.2) is 43.0 Å². The van der Waals surface area contributed by atoms with Gasteiger partial charge in [0.1, 0.15) is 0 Å². The summed E-state index contributed by atoms with van der Waals surface area (Å²) in [6.07, 6.45) is 1.78. The zero-order valence-electron chi connectivity index (χ0n) is 13.4. The highest BCUT2D eigenvalue weighted by atomic mass is 16.2. The lowest BCUT2D eigenvalue weighted by Gasteiger charge is -2.25. The largest absolute Gasteiger partial charge is 0.355 e. The normalized spacial score (nSPS) is 17.9. The Balaban J connectivity index is 1.73. The SMILES string of the molecule is CC(C)N(C)CCCNC(=O)C1Cc2ccccc2CN1. The van der Waals surface area contributed by atoms with Crippen LogP contribution in [0.25, 0.3) is 0 Å². The maximum absolute atomic E-state index is 12.2. The molecular weight excluding hydrogens is 262 g/mol. The monoisotopic (exact) mass is 289 g/mol. The summed E-state index contributed by atoms with van der Waals surface area (Å²) in [5, 5.41) is 6.37. The number of amides is 1. The van der Waals surface area contributed by atoms with E-state index in [1.807, 2.05) is 12.1 Å². The Labute approximate surface area is 127 Å². The highest BCUT2D eigenvalue weighted by Gasteiger charge is 2.23. The number of hydrogen-bond acceptors (Lipinski definition) is 3. The lowest BCUT2D eigenvalue weighted by atomic mass is 9.95. The molecule has 1 heterocycles. The number of nitrogens with one attached hydrogen (secondary N) is 2. The molecule has 0 saturated heterocycles. The molecule has 1 aromatic carbocycles. The van der Waals surface area contributed by atoms with Crippen LogP contribution in [0.4, 0.5) is 0 Å². The van der Waals surface area contributed by atoms with Crippen molar-refractivity contribution in [1.29, 1.82) is 0 Å². The molecule has 1 atom stereocenters. The van der Waals surface area contributed by atoms with Gasteiger partial charge in [-0.15, -0.1) is 0 Å². The quantitative estimate of drug-likeness (QED) is 0.781. The van der Waals surface area contributed by atoms with Gasteiger partial charge in [-0.1, -0.05) is 24.3 Å². The van der Waals surface area contributed by atoms with Crippen molar-refractivity contribution in [1.82, 2.24) is 15.5 Å². The Bertz CT molecular complexity index is 473. The molecule has 1 unspecified atom stereocenters. The highest BCUT2D eigenvalue weighted by molar-refractivity contribution is 5.82. The van der Waals surface area contributed by atoms with Gasteiger partial charge in [0.2, 0.25) is 5.91 Å². The van der Waals surface area contributed by atoms with Crippen molar-refractivity contribution >= 4 is 5.91 Å². The molecule has 4 heteroatoms. The van der Waals surface area contributed by atoms with Gasteiger partial charge >= 0.3 is 0 Å². The predicted octanol–water partition coefficient (Wildman–Crippen LogP) is 1.55. The molecule has 4 nitrogen and oxygen atoms in total. The number of hydrogen-bond donors (Lipinski definition) is 2. The fraction of sp³-hybridized carbons (Fsp3) is 0.588. The third kappa shape index (κ3) is 4.55. The minimum Gasteiger partial charge on any atom is -0.355 e. The van der Waals surface area contributed by atoms with Gasteiger partial charge in [0.15, 0.2) is 0 Å². The van der Waals surface area contributed by atoms with Gasteiger partial charge in [-0.3, -0.25) is 4.79 Å². The van der Waals surface area contributed by atoms with E-state index in [1.54, 1.807) is 0 Å². The van der Waals surface area contributed by atoms with E-state index in [2.05, 4.69) is 48.6 Å². The molecule has 1 aromatic rings. The van der Waals surface area contributed by atoms with Crippen LogP contribution in [-0.2, 0) is 17.8 Å². The Kier molecular flexibility index (Phi) is 5.76. The summed E-state index contributed by atoms with van der Waals surface area (Å²) in [6.45, 7) is 6.91. The zero-order chi connectivity index (χ0) is 15.2. The second kappa shape index (κ2) is 7.57. The van der Waals surface area contributed by atoms with Crippen molar-refractivity contribution in [2.75, 3.05) is 20.1 Å². The molecule has 0 aliphatic carbocycles. The molecule has 0 bridgehead atoms. The number of carbonyl (C=O) groups excluding carboxylic acids is 1. The minimum atomic E-state index is -0.0947. The van der Waals surface area contributed by atoms with Crippen LogP contribution in [0, 0.1) is 0 Å². The van der Waals surface area contributed by atoms with Gasteiger partial charge in [-0.05, 0) is 51.4 Å². The number of benzene rings is 1. The third-order valence-electron chi connectivity index (χ3n) is 4.27. The van der Waals surface area contributed by atoms with Crippen molar-refractivity contribution in [2.24, 2.45) is 0 Å². The molecule has 1 aliphatic rings. The molecule has 0 aromatic heterocycles. The molecule has 0 radical (unpaired) electrons. The zero-order valence-corrected chi connectivity index (χ0v) is 13.4. The van der Waals surface area contributed by atoms with Gasteiger partial charge in [0.05, 0.1) is 6.04 Å². The lowest BCUT2D eigenvalue weighted by molar-refractivity contribution is -0.123. The van der Waals surface area contributed by atoms with E-state index in [-0.39, 0.29) is 11.9 Å². The van der Waals surface area contributed by atoms with Gasteiger partial charge in [-0.25, -0.2) is 0 Å². The van der Waals surface area contributed by atoms with Crippen LogP contribution in [0.1, 0.15) is 31.4 Å². The maximum atomic E-state index is 12.2. The first-order valence-corrected chi connectivity index (χ1v) is 7.86. The van der Waals surface area contributed by atoms with E-state index in [1.165, 1.54) is 11.1 Å². The topological polar surface area (TPSA) is 44.4 Å². The second-order valence-electron chi connectivity index (χ2n) is 6.13. The number of nitrogens with zero attached hydrogens (tertiary/aromatic N) is 1. The van der Waals surface area contributed by atoms with Crippen molar-refractivity contribution in [3.05, 3.63) is 35.4 Å². The van der Waals surface area contributed by atoms with E-state index >= 15 is 0 Å². The van der Waals surface area contributed by atoms with Crippen LogP contribution in [0.2, 0.25) is 0 Å². The lowest BCUT2D eigenvalue weighted by Crippen LogP contribution is -2.48. The summed E-state index contributed by atoms with van der Waals surface area (Å²) in [5.74, 6) is 0.122. The Morgan fingerprint density at radius 2 is 2.10 bits per heavy atom. The van der Waals surface area contributed by atoms with Crippen LogP contribution in [0.5, 0.6) is 0 Å². The summed E-state index contributed by atoms with van der Waals surface area (Å²) in [6, 6.07) is 8.79. The smallest absolute Gasteiger partial charge is 0.237 e. The Morgan fingerprint density at radius 1 is 1.38 bits per heavy atom. The van der Waals surface area contributed by atoms with Gasteiger partial charge < -0.3 is 15.5 Å². The summed E-state index contributed by atoms with van der Waals surface area (Å²) >= 11 is 0. The second-order valence-corrected chi connectivity index (χ2v) is 6.13. The first-order chi connectivity index (χ1) is 10.1. The molecule has 21 heavy (non-hydrogen) atoms. The highest BCUT2D eigenvalue weighted by Crippen LogP contribution is 2.16. The maximum Gasteiger partial charge on any atom is 0.237 e. The summed E-state index contributed by atoms with van der Waals surface area (Å²) in [7, 11) is 2.12. The standard InChI is InChI=1S/C17H27N3O/c1-13(2)20(3)10-6-9-18-17(21)16-11-14-7-4-5-8-15(14)12-19-16/h4-5,7-8,13,16,19H,6,9-12H2,1-3H3,(H,18,21). The van der Waals surface area contributed by atoms with E-state index in [9.17, 15) is 4.79 Å². The molecule has 2 rings (SSSR count). The van der Waals surface area contributed by atoms with Gasteiger partial charge in [-0.2, -0.15) is 0 Å². The molecular formula is C17H27N3O. The van der Waals surface area contributed by atoms with Crippen LogP contribution >= 0.6 is 0 Å². The molecule has 2 N–H and O–H groups in total. The Morgan fingerprint density at radius 3 is 2.81 bits per heavy atom. The van der Waals surface area contributed by atoms with Crippen molar-refractivity contribution in [3.63, 3.8) is 0 Å². The van der Waals surface area contributed by atoms with E-state index in [0.29, 0.717) is 6.04 Å². The van der Waals surface area contributed by atoms with Crippen molar-refractivity contribution in [2.45, 2.75) is 45.3 Å². The number of fused-ring (bicyclic) bond motifs is 1. The molecule has 0 saturated carbocycles. The third-order valence-corrected chi connectivity index (χ3v) is 4.27. The Hall–Kier alpha value is -1.39. The summed E-state index contributed by atoms with van der Waals surface area (Å²) in [5.41, 5.74) is 2.59.